The van der Waals surface area contributed by atoms with Crippen LogP contribution in [0.1, 0.15) is 26.7 Å². The molecule has 0 aliphatic carbocycles. The van der Waals surface area contributed by atoms with Crippen LogP contribution in [0.3, 0.4) is 0 Å². The summed E-state index contributed by atoms with van der Waals surface area (Å²) in [6.07, 6.45) is 1.58. The summed E-state index contributed by atoms with van der Waals surface area (Å²) in [4.78, 5) is 24.1. The molecule has 5 N–H and O–H groups in total. The van der Waals surface area contributed by atoms with Gasteiger partial charge >= 0.3 is 5.69 Å². The molecule has 0 radical (unpaired) electrons. The molecule has 0 aliphatic rings. The molecule has 1 rings (SSSR count). The van der Waals surface area contributed by atoms with E-state index in [9.17, 15) is 9.59 Å². The van der Waals surface area contributed by atoms with Gasteiger partial charge in [-0.15, -0.1) is 5.10 Å². The third-order valence-electron chi connectivity index (χ3n) is 2.73. The van der Waals surface area contributed by atoms with Gasteiger partial charge in [0.05, 0.1) is 0 Å². The number of H-pyrrole nitrogens is 2. The number of hydrogen-bond acceptors (Lipinski definition) is 5. The van der Waals surface area contributed by atoms with Crippen LogP contribution in [0.4, 0.5) is 5.82 Å². The van der Waals surface area contributed by atoms with E-state index in [4.69, 9.17) is 5.73 Å². The molecule has 7 heteroatoms. The fraction of sp³-hybridized carbons (Fsp3) is 0.667. The zero-order chi connectivity index (χ0) is 12.2. The maximum atomic E-state index is 11.3. The molecule has 0 bridgehead atoms. The minimum absolute atomic E-state index is 0.0799. The average Bonchev–Trinajstić information content (AvgIpc) is 2.27. The molecule has 1 heterocycles. The molecule has 16 heavy (non-hydrogen) atoms. The van der Waals surface area contributed by atoms with E-state index in [1.807, 2.05) is 13.8 Å². The van der Waals surface area contributed by atoms with Crippen LogP contribution in [0, 0.1) is 0 Å². The van der Waals surface area contributed by atoms with Crippen molar-refractivity contribution < 1.29 is 0 Å². The van der Waals surface area contributed by atoms with Crippen LogP contribution in [-0.2, 0) is 0 Å². The van der Waals surface area contributed by atoms with E-state index < -0.39 is 11.2 Å². The van der Waals surface area contributed by atoms with Crippen molar-refractivity contribution in [3.05, 3.63) is 20.8 Å². The van der Waals surface area contributed by atoms with Crippen LogP contribution in [-0.4, -0.2) is 27.3 Å². The topological polar surface area (TPSA) is 117 Å². The summed E-state index contributed by atoms with van der Waals surface area (Å²) in [5, 5.41) is 8.58. The Balaban J connectivity index is 2.75. The molecular formula is C9H17N5O2. The first-order chi connectivity index (χ1) is 7.50. The Morgan fingerprint density at radius 2 is 2.00 bits per heavy atom. The lowest BCUT2D eigenvalue weighted by atomic mass is 9.94. The highest BCUT2D eigenvalue weighted by molar-refractivity contribution is 5.29. The van der Waals surface area contributed by atoms with Gasteiger partial charge in [-0.1, -0.05) is 13.8 Å². The Hall–Kier alpha value is -1.63. The van der Waals surface area contributed by atoms with Crippen LogP contribution in [0.5, 0.6) is 0 Å². The molecule has 0 unspecified atom stereocenters. The Kier molecular flexibility index (Phi) is 3.83. The van der Waals surface area contributed by atoms with Crippen LogP contribution in [0.2, 0.25) is 0 Å². The summed E-state index contributed by atoms with van der Waals surface area (Å²) in [7, 11) is 0. The predicted octanol–water partition coefficient (Wildman–Crippen LogP) is -0.612. The summed E-state index contributed by atoms with van der Waals surface area (Å²) >= 11 is 0. The summed E-state index contributed by atoms with van der Waals surface area (Å²) in [5.41, 5.74) is 4.51. The number of anilines is 1. The Morgan fingerprint density at radius 1 is 1.38 bits per heavy atom. The molecule has 0 saturated carbocycles. The number of aromatic amines is 2. The van der Waals surface area contributed by atoms with E-state index in [2.05, 4.69) is 20.5 Å². The summed E-state index contributed by atoms with van der Waals surface area (Å²) in [6.45, 7) is 4.40. The highest BCUT2D eigenvalue weighted by Gasteiger charge is 2.20. The second kappa shape index (κ2) is 4.93. The molecule has 1 aromatic rings. The maximum absolute atomic E-state index is 11.3. The zero-order valence-electron chi connectivity index (χ0n) is 9.46. The van der Waals surface area contributed by atoms with Gasteiger partial charge in [0, 0.05) is 12.1 Å². The van der Waals surface area contributed by atoms with Crippen molar-refractivity contribution in [1.82, 2.24) is 15.2 Å². The molecule has 7 nitrogen and oxygen atoms in total. The minimum atomic E-state index is -0.624. The molecule has 0 amide bonds. The van der Waals surface area contributed by atoms with Crippen molar-refractivity contribution in [1.29, 1.82) is 0 Å². The highest BCUT2D eigenvalue weighted by Crippen LogP contribution is 2.10. The third kappa shape index (κ3) is 2.93. The lowest BCUT2D eigenvalue weighted by Gasteiger charge is -2.26. The molecule has 0 fully saturated rings. The number of nitrogens with two attached hydrogens (primary N) is 1. The van der Waals surface area contributed by atoms with Gasteiger partial charge in [-0.2, -0.15) is 0 Å². The molecule has 0 aromatic carbocycles. The van der Waals surface area contributed by atoms with E-state index in [0.29, 0.717) is 6.54 Å². The Morgan fingerprint density at radius 3 is 2.50 bits per heavy atom. The van der Waals surface area contributed by atoms with Gasteiger partial charge in [-0.05, 0) is 12.8 Å². The van der Waals surface area contributed by atoms with Gasteiger partial charge in [0.2, 0.25) is 5.82 Å². The van der Waals surface area contributed by atoms with Gasteiger partial charge in [0.15, 0.2) is 0 Å². The second-order valence-electron chi connectivity index (χ2n) is 3.78. The molecular weight excluding hydrogens is 210 g/mol. The fourth-order valence-electron chi connectivity index (χ4n) is 1.23. The standard InChI is InChI=1S/C9H17N5O2/c1-3-9(10,4-2)5-11-6-7(15)12-8(16)14-13-6/h3-5,10H2,1-2H3,(H,11,13)(H2,12,14,15,16). The molecule has 0 saturated heterocycles. The van der Waals surface area contributed by atoms with Crippen molar-refractivity contribution in [2.24, 2.45) is 5.73 Å². The molecule has 1 aromatic heterocycles. The van der Waals surface area contributed by atoms with E-state index in [0.717, 1.165) is 12.8 Å². The second-order valence-corrected chi connectivity index (χ2v) is 3.78. The van der Waals surface area contributed by atoms with Crippen molar-refractivity contribution in [3.63, 3.8) is 0 Å². The smallest absolute Gasteiger partial charge is 0.342 e. The highest BCUT2D eigenvalue weighted by atomic mass is 16.2. The van der Waals surface area contributed by atoms with Gasteiger partial charge < -0.3 is 11.1 Å². The Labute approximate surface area is 92.5 Å². The van der Waals surface area contributed by atoms with Crippen molar-refractivity contribution in [2.45, 2.75) is 32.2 Å². The molecule has 0 aliphatic heterocycles. The molecule has 90 valence electrons. The number of nitrogens with zero attached hydrogens (tertiary/aromatic N) is 1. The normalized spacial score (nSPS) is 11.4. The van der Waals surface area contributed by atoms with Crippen molar-refractivity contribution in [3.8, 4) is 0 Å². The van der Waals surface area contributed by atoms with Crippen LogP contribution in [0.15, 0.2) is 9.59 Å². The largest absolute Gasteiger partial charge is 0.362 e. The monoisotopic (exact) mass is 227 g/mol. The predicted molar refractivity (Wildman–Crippen MR) is 61.5 cm³/mol. The van der Waals surface area contributed by atoms with Crippen molar-refractivity contribution >= 4 is 5.82 Å². The fourth-order valence-corrected chi connectivity index (χ4v) is 1.23. The summed E-state index contributed by atoms with van der Waals surface area (Å²) in [5.74, 6) is 0.0799. The van der Waals surface area contributed by atoms with E-state index in [-0.39, 0.29) is 11.4 Å². The SMILES string of the molecule is CCC(N)(CC)CNc1n[nH]c(=O)[nH]c1=O. The van der Waals surface area contributed by atoms with Crippen LogP contribution < -0.4 is 22.3 Å². The van der Waals surface area contributed by atoms with E-state index in [1.165, 1.54) is 0 Å². The Bertz CT molecular complexity index is 446. The summed E-state index contributed by atoms with van der Waals surface area (Å²) < 4.78 is 0. The zero-order valence-corrected chi connectivity index (χ0v) is 9.46. The van der Waals surface area contributed by atoms with Gasteiger partial charge in [-0.3, -0.25) is 9.78 Å². The molecule has 0 spiro atoms. The first-order valence-corrected chi connectivity index (χ1v) is 5.22. The first kappa shape index (κ1) is 12.4. The number of nitrogens with one attached hydrogen (secondary N) is 3. The van der Waals surface area contributed by atoms with Gasteiger partial charge in [0.25, 0.3) is 5.56 Å². The van der Waals surface area contributed by atoms with Gasteiger partial charge in [0.1, 0.15) is 0 Å². The lowest BCUT2D eigenvalue weighted by molar-refractivity contribution is 0.417. The minimum Gasteiger partial charge on any atom is -0.362 e. The molecule has 0 atom stereocenters. The number of aromatic nitrogens is 3. The third-order valence-corrected chi connectivity index (χ3v) is 2.73. The van der Waals surface area contributed by atoms with Crippen molar-refractivity contribution in [2.75, 3.05) is 11.9 Å². The first-order valence-electron chi connectivity index (χ1n) is 5.22. The van der Waals surface area contributed by atoms with E-state index >= 15 is 0 Å². The quantitative estimate of drug-likeness (QED) is 0.535. The van der Waals surface area contributed by atoms with Crippen LogP contribution >= 0.6 is 0 Å². The van der Waals surface area contributed by atoms with E-state index in [1.54, 1.807) is 0 Å². The number of rotatable bonds is 5. The maximum Gasteiger partial charge on any atom is 0.342 e. The van der Waals surface area contributed by atoms with Crippen LogP contribution in [0.25, 0.3) is 0 Å². The summed E-state index contributed by atoms with van der Waals surface area (Å²) in [6, 6.07) is 0. The number of hydrogen-bond donors (Lipinski definition) is 4. The average molecular weight is 227 g/mol. The lowest BCUT2D eigenvalue weighted by Crippen LogP contribution is -2.46. The van der Waals surface area contributed by atoms with Gasteiger partial charge in [-0.25, -0.2) is 9.89 Å².